The molecule has 0 fully saturated rings. The van der Waals surface area contributed by atoms with Crippen molar-refractivity contribution in [1.29, 1.82) is 0 Å². The molecule has 0 aromatic carbocycles. The van der Waals surface area contributed by atoms with E-state index in [1.807, 2.05) is 0 Å². The first-order valence-electron chi connectivity index (χ1n) is 3.46. The fourth-order valence-electron chi connectivity index (χ4n) is 0.915. The molecule has 0 atom stereocenters. The molecule has 0 saturated carbocycles. The topological polar surface area (TPSA) is 0 Å². The molecule has 0 radical (unpaired) electrons. The molecule has 1 aliphatic rings. The molecule has 0 aliphatic heterocycles. The van der Waals surface area contributed by atoms with Crippen molar-refractivity contribution in [1.82, 2.24) is 0 Å². The summed E-state index contributed by atoms with van der Waals surface area (Å²) >= 11 is 8.12. The Labute approximate surface area is 77.5 Å². The van der Waals surface area contributed by atoms with E-state index in [0.717, 1.165) is 30.7 Å². The molecule has 0 N–H and O–H groups in total. The van der Waals surface area contributed by atoms with E-state index in [-0.39, 0.29) is 0 Å². The molecular formula is C8H10ClIr. The summed E-state index contributed by atoms with van der Waals surface area (Å²) in [6.07, 6.45) is 8.89. The van der Waals surface area contributed by atoms with Crippen LogP contribution in [0.4, 0.5) is 0 Å². The number of hydrogen-bond acceptors (Lipinski definition) is 0. The van der Waals surface area contributed by atoms with E-state index in [0.29, 0.717) is 0 Å². The molecule has 0 bridgehead atoms. The van der Waals surface area contributed by atoms with Gasteiger partial charge in [0.05, 0.1) is 0 Å². The predicted octanol–water partition coefficient (Wildman–Crippen LogP) is 3.11. The predicted molar refractivity (Wildman–Crippen MR) is 40.5 cm³/mol. The summed E-state index contributed by atoms with van der Waals surface area (Å²) in [5.74, 6) is 0. The van der Waals surface area contributed by atoms with E-state index in [2.05, 4.69) is 31.1 Å². The van der Waals surface area contributed by atoms with Crippen LogP contribution in [0.25, 0.3) is 0 Å². The molecule has 0 unspecified atom stereocenters. The van der Waals surface area contributed by atoms with Gasteiger partial charge in [0.1, 0.15) is 0 Å². The average molecular weight is 334 g/mol. The molecule has 0 heterocycles. The molecule has 0 amide bonds. The number of rotatable bonds is 0. The Balaban J connectivity index is 2.57. The van der Waals surface area contributed by atoms with E-state index >= 15 is 0 Å². The average Bonchev–Trinajstić information content (AvgIpc) is 1.92. The quantitative estimate of drug-likeness (QED) is 0.598. The summed E-state index contributed by atoms with van der Waals surface area (Å²) < 4.78 is 1.37. The summed E-state index contributed by atoms with van der Waals surface area (Å²) in [5.41, 5.74) is 0. The minimum absolute atomic E-state index is 1.03. The second-order valence-electron chi connectivity index (χ2n) is 2.33. The van der Waals surface area contributed by atoms with Gasteiger partial charge < -0.3 is 0 Å². The molecule has 2 heteroatoms. The van der Waals surface area contributed by atoms with Gasteiger partial charge in [0.2, 0.25) is 0 Å². The zero-order valence-electron chi connectivity index (χ0n) is 5.69. The molecule has 0 spiro atoms. The van der Waals surface area contributed by atoms with Crippen molar-refractivity contribution in [3.05, 3.63) is 21.3 Å². The molecule has 1 rings (SSSR count). The van der Waals surface area contributed by atoms with Gasteiger partial charge in [-0.3, -0.25) is 0 Å². The van der Waals surface area contributed by atoms with Gasteiger partial charge in [-0.25, -0.2) is 0 Å². The first-order chi connectivity index (χ1) is 4.80. The van der Waals surface area contributed by atoms with Crippen LogP contribution >= 0.6 is 11.6 Å². The van der Waals surface area contributed by atoms with Crippen LogP contribution in [0, 0.1) is 0 Å². The third-order valence-corrected chi connectivity index (χ3v) is 3.59. The summed E-state index contributed by atoms with van der Waals surface area (Å²) in [6.45, 7) is 0. The van der Waals surface area contributed by atoms with E-state index in [1.54, 1.807) is 0 Å². The van der Waals surface area contributed by atoms with Crippen molar-refractivity contribution in [2.45, 2.75) is 25.7 Å². The summed E-state index contributed by atoms with van der Waals surface area (Å²) in [7, 11) is 0. The maximum absolute atomic E-state index is 5.99. The van der Waals surface area contributed by atoms with Crippen LogP contribution in [-0.4, -0.2) is 0 Å². The molecule has 10 heavy (non-hydrogen) atoms. The van der Waals surface area contributed by atoms with Gasteiger partial charge in [-0.15, -0.1) is 0 Å². The second kappa shape index (κ2) is 4.33. The first-order valence-corrected chi connectivity index (χ1v) is 5.04. The van der Waals surface area contributed by atoms with Gasteiger partial charge in [0, 0.05) is 0 Å². The zero-order valence-corrected chi connectivity index (χ0v) is 8.85. The van der Waals surface area contributed by atoms with Crippen LogP contribution in [-0.2, 0) is 18.9 Å². The summed E-state index contributed by atoms with van der Waals surface area (Å²) in [4.78, 5) is 0. The minimum atomic E-state index is 1.03. The van der Waals surface area contributed by atoms with E-state index in [1.165, 1.54) is 4.09 Å². The van der Waals surface area contributed by atoms with Crippen molar-refractivity contribution >= 4 is 11.6 Å². The Morgan fingerprint density at radius 1 is 1.20 bits per heavy atom. The number of allylic oxidation sites excluding steroid dienone is 4. The van der Waals surface area contributed by atoms with Crippen LogP contribution in [0.1, 0.15) is 25.7 Å². The normalized spacial score (nSPS) is 20.7. The molecule has 0 aromatic heterocycles. The molecular weight excluding hydrogens is 324 g/mol. The Morgan fingerprint density at radius 2 is 1.80 bits per heavy atom. The Hall–Kier alpha value is 0.419. The standard InChI is InChI=1S/C8H10Cl.Ir/c9-8-6-4-2-1-3-5-7-8;/h1-2H,3-6H2;. The van der Waals surface area contributed by atoms with E-state index < -0.39 is 0 Å². The van der Waals surface area contributed by atoms with E-state index in [4.69, 9.17) is 11.6 Å². The Bertz CT molecular complexity index is 152. The molecule has 1 aliphatic carbocycles. The van der Waals surface area contributed by atoms with Crippen molar-refractivity contribution < 1.29 is 18.9 Å². The van der Waals surface area contributed by atoms with Gasteiger partial charge in [-0.2, -0.15) is 0 Å². The SMILES string of the molecule is ClC1=[C]([Ir])CCC=CCC1. The van der Waals surface area contributed by atoms with Crippen molar-refractivity contribution in [3.8, 4) is 0 Å². The fraction of sp³-hybridized carbons (Fsp3) is 0.500. The van der Waals surface area contributed by atoms with Crippen LogP contribution in [0.3, 0.4) is 0 Å². The van der Waals surface area contributed by atoms with Gasteiger partial charge in [-0.05, 0) is 0 Å². The van der Waals surface area contributed by atoms with Gasteiger partial charge in [-0.1, -0.05) is 0 Å². The third kappa shape index (κ3) is 2.57. The van der Waals surface area contributed by atoms with Gasteiger partial charge in [0.15, 0.2) is 0 Å². The molecule has 0 nitrogen and oxygen atoms in total. The fourth-order valence-corrected chi connectivity index (χ4v) is 1.76. The van der Waals surface area contributed by atoms with Crippen LogP contribution < -0.4 is 0 Å². The summed E-state index contributed by atoms with van der Waals surface area (Å²) in [6, 6.07) is 0. The molecule has 0 saturated heterocycles. The van der Waals surface area contributed by atoms with Crippen LogP contribution in [0.5, 0.6) is 0 Å². The van der Waals surface area contributed by atoms with Gasteiger partial charge >= 0.3 is 77.5 Å². The van der Waals surface area contributed by atoms with Crippen molar-refractivity contribution in [3.63, 3.8) is 0 Å². The monoisotopic (exact) mass is 334 g/mol. The first kappa shape index (κ1) is 8.52. The number of halogens is 1. The van der Waals surface area contributed by atoms with Crippen molar-refractivity contribution in [2.24, 2.45) is 0 Å². The second-order valence-corrected chi connectivity index (χ2v) is 4.23. The Morgan fingerprint density at radius 3 is 2.50 bits per heavy atom. The molecule has 58 valence electrons. The maximum atomic E-state index is 5.99. The van der Waals surface area contributed by atoms with Gasteiger partial charge in [0.25, 0.3) is 0 Å². The van der Waals surface area contributed by atoms with Crippen LogP contribution in [0.2, 0.25) is 0 Å². The van der Waals surface area contributed by atoms with E-state index in [9.17, 15) is 0 Å². The van der Waals surface area contributed by atoms with Crippen LogP contribution in [0.15, 0.2) is 21.3 Å². The summed E-state index contributed by atoms with van der Waals surface area (Å²) in [5, 5.41) is 1.07. The third-order valence-electron chi connectivity index (χ3n) is 1.50. The Kier molecular flexibility index (Phi) is 3.69. The zero-order chi connectivity index (χ0) is 7.40. The molecule has 0 aromatic rings. The number of hydrogen-bond donors (Lipinski definition) is 0. The van der Waals surface area contributed by atoms with Crippen molar-refractivity contribution in [2.75, 3.05) is 0 Å².